The lowest BCUT2D eigenvalue weighted by Crippen LogP contribution is -1.96. The SMILES string of the molecule is C\C=C/C(=C\C=C/CC)C(=O)O. The van der Waals surface area contributed by atoms with Crippen LogP contribution in [0.5, 0.6) is 0 Å². The summed E-state index contributed by atoms with van der Waals surface area (Å²) < 4.78 is 0. The Morgan fingerprint density at radius 2 is 2.17 bits per heavy atom. The zero-order chi connectivity index (χ0) is 9.40. The molecule has 0 aliphatic rings. The van der Waals surface area contributed by atoms with Crippen LogP contribution < -0.4 is 0 Å². The number of hydrogen-bond acceptors (Lipinski definition) is 1. The highest BCUT2D eigenvalue weighted by Gasteiger charge is 1.98. The van der Waals surface area contributed by atoms with Crippen molar-refractivity contribution in [3.63, 3.8) is 0 Å². The van der Waals surface area contributed by atoms with E-state index < -0.39 is 5.97 Å². The van der Waals surface area contributed by atoms with E-state index in [-0.39, 0.29) is 0 Å². The normalized spacial score (nSPS) is 13.0. The van der Waals surface area contributed by atoms with E-state index in [0.717, 1.165) is 6.42 Å². The number of aliphatic carboxylic acids is 1. The lowest BCUT2D eigenvalue weighted by molar-refractivity contribution is -0.132. The second-order valence-electron chi connectivity index (χ2n) is 2.26. The van der Waals surface area contributed by atoms with Crippen molar-refractivity contribution in [3.05, 3.63) is 36.0 Å². The number of carboxylic acids is 1. The molecule has 0 saturated carbocycles. The summed E-state index contributed by atoms with van der Waals surface area (Å²) in [6.07, 6.45) is 9.45. The van der Waals surface area contributed by atoms with Gasteiger partial charge < -0.3 is 5.11 Å². The zero-order valence-corrected chi connectivity index (χ0v) is 7.45. The molecule has 66 valence electrons. The molecule has 12 heavy (non-hydrogen) atoms. The van der Waals surface area contributed by atoms with Gasteiger partial charge in [-0.25, -0.2) is 4.79 Å². The van der Waals surface area contributed by atoms with E-state index in [0.29, 0.717) is 5.57 Å². The molecular formula is C10H14O2. The molecule has 0 atom stereocenters. The number of allylic oxidation sites excluding steroid dienone is 4. The van der Waals surface area contributed by atoms with Crippen LogP contribution in [0.15, 0.2) is 36.0 Å². The van der Waals surface area contributed by atoms with Gasteiger partial charge in [-0.1, -0.05) is 31.2 Å². The molecule has 0 aliphatic carbocycles. The third-order valence-corrected chi connectivity index (χ3v) is 1.24. The van der Waals surface area contributed by atoms with Crippen LogP contribution >= 0.6 is 0 Å². The van der Waals surface area contributed by atoms with Gasteiger partial charge in [0.15, 0.2) is 0 Å². The maximum Gasteiger partial charge on any atom is 0.335 e. The molecule has 0 bridgehead atoms. The Labute approximate surface area is 72.9 Å². The van der Waals surface area contributed by atoms with E-state index in [2.05, 4.69) is 0 Å². The number of hydrogen-bond donors (Lipinski definition) is 1. The Kier molecular flexibility index (Phi) is 5.70. The first-order valence-corrected chi connectivity index (χ1v) is 3.95. The fourth-order valence-electron chi connectivity index (χ4n) is 0.685. The predicted octanol–water partition coefficient (Wildman–Crippen LogP) is 2.54. The number of rotatable bonds is 4. The number of carboxylic acid groups (broad SMARTS) is 1. The van der Waals surface area contributed by atoms with Crippen LogP contribution in [0.25, 0.3) is 0 Å². The quantitative estimate of drug-likeness (QED) is 0.514. The van der Waals surface area contributed by atoms with Crippen LogP contribution in [0.1, 0.15) is 20.3 Å². The summed E-state index contributed by atoms with van der Waals surface area (Å²) in [4.78, 5) is 10.5. The predicted molar refractivity (Wildman–Crippen MR) is 50.0 cm³/mol. The molecule has 0 fully saturated rings. The first-order valence-electron chi connectivity index (χ1n) is 3.95. The van der Waals surface area contributed by atoms with Crippen LogP contribution in [-0.2, 0) is 4.79 Å². The van der Waals surface area contributed by atoms with Gasteiger partial charge in [0, 0.05) is 0 Å². The van der Waals surface area contributed by atoms with E-state index in [9.17, 15) is 4.79 Å². The van der Waals surface area contributed by atoms with Gasteiger partial charge in [0.2, 0.25) is 0 Å². The summed E-state index contributed by atoms with van der Waals surface area (Å²) in [5, 5.41) is 8.65. The molecule has 2 heteroatoms. The minimum absolute atomic E-state index is 0.308. The molecule has 0 unspecified atom stereocenters. The third kappa shape index (κ3) is 4.50. The van der Waals surface area contributed by atoms with Gasteiger partial charge in [-0.3, -0.25) is 0 Å². The summed E-state index contributed by atoms with van der Waals surface area (Å²) >= 11 is 0. The monoisotopic (exact) mass is 166 g/mol. The van der Waals surface area contributed by atoms with Crippen molar-refractivity contribution in [2.75, 3.05) is 0 Å². The van der Waals surface area contributed by atoms with Crippen LogP contribution in [0.2, 0.25) is 0 Å². The fourth-order valence-corrected chi connectivity index (χ4v) is 0.685. The summed E-state index contributed by atoms with van der Waals surface area (Å²) in [5.74, 6) is -0.895. The van der Waals surface area contributed by atoms with Crippen molar-refractivity contribution >= 4 is 5.97 Å². The molecule has 0 aliphatic heterocycles. The lowest BCUT2D eigenvalue weighted by atomic mass is 10.2. The average Bonchev–Trinajstić information content (AvgIpc) is 2.03. The van der Waals surface area contributed by atoms with Crippen LogP contribution in [0.3, 0.4) is 0 Å². The van der Waals surface area contributed by atoms with Crippen molar-refractivity contribution < 1.29 is 9.90 Å². The minimum atomic E-state index is -0.895. The smallest absolute Gasteiger partial charge is 0.335 e. The van der Waals surface area contributed by atoms with E-state index in [1.54, 1.807) is 31.2 Å². The maximum atomic E-state index is 10.5. The topological polar surface area (TPSA) is 37.3 Å². The molecule has 0 radical (unpaired) electrons. The van der Waals surface area contributed by atoms with Crippen molar-refractivity contribution in [2.45, 2.75) is 20.3 Å². The Morgan fingerprint density at radius 1 is 1.50 bits per heavy atom. The largest absolute Gasteiger partial charge is 0.478 e. The van der Waals surface area contributed by atoms with Crippen LogP contribution in [0.4, 0.5) is 0 Å². The third-order valence-electron chi connectivity index (χ3n) is 1.24. The average molecular weight is 166 g/mol. The second-order valence-corrected chi connectivity index (χ2v) is 2.26. The Balaban J connectivity index is 4.39. The highest BCUT2D eigenvalue weighted by atomic mass is 16.4. The first kappa shape index (κ1) is 10.7. The van der Waals surface area contributed by atoms with Gasteiger partial charge in [0.25, 0.3) is 0 Å². The molecule has 0 saturated heterocycles. The minimum Gasteiger partial charge on any atom is -0.478 e. The van der Waals surface area contributed by atoms with Crippen LogP contribution in [0, 0.1) is 0 Å². The lowest BCUT2D eigenvalue weighted by Gasteiger charge is -1.90. The van der Waals surface area contributed by atoms with Crippen LogP contribution in [-0.4, -0.2) is 11.1 Å². The molecule has 0 aromatic heterocycles. The van der Waals surface area contributed by atoms with Gasteiger partial charge in [0.05, 0.1) is 5.57 Å². The fraction of sp³-hybridized carbons (Fsp3) is 0.300. The zero-order valence-electron chi connectivity index (χ0n) is 7.45. The van der Waals surface area contributed by atoms with E-state index in [1.807, 2.05) is 13.0 Å². The summed E-state index contributed by atoms with van der Waals surface area (Å²) in [6.45, 7) is 3.79. The van der Waals surface area contributed by atoms with Crippen molar-refractivity contribution in [3.8, 4) is 0 Å². The van der Waals surface area contributed by atoms with Crippen molar-refractivity contribution in [1.82, 2.24) is 0 Å². The first-order chi connectivity index (χ1) is 5.72. The van der Waals surface area contributed by atoms with Crippen molar-refractivity contribution in [2.24, 2.45) is 0 Å². The van der Waals surface area contributed by atoms with E-state index in [4.69, 9.17) is 5.11 Å². The van der Waals surface area contributed by atoms with Gasteiger partial charge in [0.1, 0.15) is 0 Å². The summed E-state index contributed by atoms with van der Waals surface area (Å²) in [6, 6.07) is 0. The standard InChI is InChI=1S/C10H14O2/c1-3-5-6-8-9(7-4-2)10(11)12/h4-8H,3H2,1-2H3,(H,11,12)/b6-5-,7-4-,9-8+. The molecular weight excluding hydrogens is 152 g/mol. The van der Waals surface area contributed by atoms with Crippen molar-refractivity contribution in [1.29, 1.82) is 0 Å². The molecule has 0 aromatic carbocycles. The number of carbonyl (C=O) groups is 1. The molecule has 0 heterocycles. The summed E-state index contributed by atoms with van der Waals surface area (Å²) in [5.41, 5.74) is 0.308. The second kappa shape index (κ2) is 6.40. The maximum absolute atomic E-state index is 10.5. The molecule has 0 amide bonds. The molecule has 0 aromatic rings. The van der Waals surface area contributed by atoms with E-state index >= 15 is 0 Å². The Morgan fingerprint density at radius 3 is 2.58 bits per heavy atom. The highest BCUT2D eigenvalue weighted by Crippen LogP contribution is 1.97. The molecule has 0 spiro atoms. The van der Waals surface area contributed by atoms with Gasteiger partial charge in [-0.2, -0.15) is 0 Å². The Bertz CT molecular complexity index is 222. The van der Waals surface area contributed by atoms with Gasteiger partial charge in [-0.05, 0) is 19.4 Å². The Hall–Kier alpha value is -1.31. The summed E-state index contributed by atoms with van der Waals surface area (Å²) in [7, 11) is 0. The van der Waals surface area contributed by atoms with Gasteiger partial charge in [-0.15, -0.1) is 0 Å². The molecule has 2 nitrogen and oxygen atoms in total. The molecule has 1 N–H and O–H groups in total. The van der Waals surface area contributed by atoms with Gasteiger partial charge >= 0.3 is 5.97 Å². The molecule has 0 rings (SSSR count). The van der Waals surface area contributed by atoms with E-state index in [1.165, 1.54) is 0 Å². The highest BCUT2D eigenvalue weighted by molar-refractivity contribution is 5.90.